The minimum absolute atomic E-state index is 0.151. The Morgan fingerprint density at radius 1 is 1.12 bits per heavy atom. The van der Waals surface area contributed by atoms with Crippen LogP contribution in [0.25, 0.3) is 6.08 Å². The number of nitrogens with one attached hydrogen (secondary N) is 1. The van der Waals surface area contributed by atoms with Gasteiger partial charge in [0, 0.05) is 19.7 Å². The van der Waals surface area contributed by atoms with Crippen LogP contribution in [0.3, 0.4) is 0 Å². The van der Waals surface area contributed by atoms with Crippen molar-refractivity contribution in [1.29, 1.82) is 0 Å². The van der Waals surface area contributed by atoms with Crippen LogP contribution in [0.2, 0.25) is 0 Å². The van der Waals surface area contributed by atoms with Gasteiger partial charge in [-0.3, -0.25) is 4.79 Å². The van der Waals surface area contributed by atoms with Crippen LogP contribution in [0.15, 0.2) is 24.3 Å². The van der Waals surface area contributed by atoms with E-state index in [1.807, 2.05) is 18.2 Å². The summed E-state index contributed by atoms with van der Waals surface area (Å²) in [4.78, 5) is 11.6. The zero-order valence-corrected chi connectivity index (χ0v) is 15.0. The molecule has 0 aromatic heterocycles. The van der Waals surface area contributed by atoms with Gasteiger partial charge >= 0.3 is 0 Å². The van der Waals surface area contributed by atoms with Gasteiger partial charge in [0.05, 0.1) is 20.3 Å². The summed E-state index contributed by atoms with van der Waals surface area (Å²) < 4.78 is 16.0. The molecule has 0 saturated heterocycles. The molecule has 1 rings (SSSR count). The van der Waals surface area contributed by atoms with Crippen molar-refractivity contribution in [3.63, 3.8) is 0 Å². The van der Waals surface area contributed by atoms with E-state index in [9.17, 15) is 4.79 Å². The maximum atomic E-state index is 11.6. The standard InChI is InChI=1S/C19H29NO4/c1-4-5-6-7-13-24-17-10-8-16(15-18(17)23-3)9-11-19(21)20-12-14-22-2/h8-11,15H,4-7,12-14H2,1-3H3,(H,20,21)/b11-9+. The van der Waals surface area contributed by atoms with Crippen LogP contribution < -0.4 is 14.8 Å². The summed E-state index contributed by atoms with van der Waals surface area (Å²) in [5.74, 6) is 1.25. The molecule has 0 saturated carbocycles. The number of amides is 1. The number of ether oxygens (including phenoxy) is 3. The zero-order valence-electron chi connectivity index (χ0n) is 15.0. The van der Waals surface area contributed by atoms with Crippen LogP contribution in [-0.4, -0.2) is 39.9 Å². The van der Waals surface area contributed by atoms with Crippen LogP contribution in [0.4, 0.5) is 0 Å². The van der Waals surface area contributed by atoms with E-state index in [0.717, 1.165) is 17.7 Å². The predicted molar refractivity (Wildman–Crippen MR) is 96.6 cm³/mol. The van der Waals surface area contributed by atoms with Crippen LogP contribution >= 0.6 is 0 Å². The van der Waals surface area contributed by atoms with Gasteiger partial charge in [0.1, 0.15) is 0 Å². The van der Waals surface area contributed by atoms with Crippen molar-refractivity contribution in [2.45, 2.75) is 32.6 Å². The molecule has 0 unspecified atom stereocenters. The highest BCUT2D eigenvalue weighted by molar-refractivity contribution is 5.91. The molecule has 0 radical (unpaired) electrons. The molecule has 0 aliphatic rings. The average Bonchev–Trinajstić information content (AvgIpc) is 2.60. The summed E-state index contributed by atoms with van der Waals surface area (Å²) >= 11 is 0. The largest absolute Gasteiger partial charge is 0.493 e. The number of hydrogen-bond acceptors (Lipinski definition) is 4. The second-order valence-electron chi connectivity index (χ2n) is 5.44. The molecule has 5 nitrogen and oxygen atoms in total. The highest BCUT2D eigenvalue weighted by atomic mass is 16.5. The molecule has 1 amide bonds. The number of benzene rings is 1. The summed E-state index contributed by atoms with van der Waals surface area (Å²) in [6.07, 6.45) is 7.91. The van der Waals surface area contributed by atoms with Gasteiger partial charge in [0.2, 0.25) is 5.91 Å². The van der Waals surface area contributed by atoms with E-state index in [1.54, 1.807) is 20.3 Å². The molecule has 0 atom stereocenters. The highest BCUT2D eigenvalue weighted by Crippen LogP contribution is 2.28. The molecule has 0 spiro atoms. The Hall–Kier alpha value is -2.01. The maximum absolute atomic E-state index is 11.6. The molecule has 1 N–H and O–H groups in total. The quantitative estimate of drug-likeness (QED) is 0.470. The Morgan fingerprint density at radius 3 is 2.67 bits per heavy atom. The first-order valence-electron chi connectivity index (χ1n) is 8.47. The van der Waals surface area contributed by atoms with Gasteiger partial charge in [-0.2, -0.15) is 0 Å². The van der Waals surface area contributed by atoms with Gasteiger partial charge in [0.25, 0.3) is 0 Å². The lowest BCUT2D eigenvalue weighted by Gasteiger charge is -2.11. The third kappa shape index (κ3) is 8.02. The summed E-state index contributed by atoms with van der Waals surface area (Å²) in [5, 5.41) is 2.73. The van der Waals surface area contributed by atoms with Crippen LogP contribution in [0.1, 0.15) is 38.2 Å². The minimum atomic E-state index is -0.151. The molecule has 24 heavy (non-hydrogen) atoms. The summed E-state index contributed by atoms with van der Waals surface area (Å²) in [6.45, 7) is 3.87. The molecule has 0 aliphatic heterocycles. The van der Waals surface area contributed by atoms with Gasteiger partial charge in [-0.15, -0.1) is 0 Å². The predicted octanol–water partition coefficient (Wildman–Crippen LogP) is 3.43. The van der Waals surface area contributed by atoms with E-state index in [4.69, 9.17) is 14.2 Å². The first-order chi connectivity index (χ1) is 11.7. The van der Waals surface area contributed by atoms with E-state index < -0.39 is 0 Å². The molecule has 0 bridgehead atoms. The first-order valence-corrected chi connectivity index (χ1v) is 8.47. The monoisotopic (exact) mass is 335 g/mol. The lowest BCUT2D eigenvalue weighted by Crippen LogP contribution is -2.24. The fraction of sp³-hybridized carbons (Fsp3) is 0.526. The molecule has 5 heteroatoms. The smallest absolute Gasteiger partial charge is 0.244 e. The molecule has 0 heterocycles. The van der Waals surface area contributed by atoms with Gasteiger partial charge in [-0.1, -0.05) is 32.3 Å². The third-order valence-electron chi connectivity index (χ3n) is 3.48. The zero-order chi connectivity index (χ0) is 17.6. The Morgan fingerprint density at radius 2 is 1.96 bits per heavy atom. The van der Waals surface area contributed by atoms with Gasteiger partial charge in [-0.05, 0) is 30.2 Å². The Bertz CT molecular complexity index is 514. The van der Waals surface area contributed by atoms with E-state index in [-0.39, 0.29) is 5.91 Å². The SMILES string of the molecule is CCCCCCOc1ccc(/C=C/C(=O)NCCOC)cc1OC. The lowest BCUT2D eigenvalue weighted by molar-refractivity contribution is -0.116. The van der Waals surface area contributed by atoms with Crippen molar-refractivity contribution in [3.05, 3.63) is 29.8 Å². The topological polar surface area (TPSA) is 56.8 Å². The van der Waals surface area contributed by atoms with E-state index >= 15 is 0 Å². The molecule has 0 aliphatic carbocycles. The summed E-state index contributed by atoms with van der Waals surface area (Å²) in [5.41, 5.74) is 0.882. The Kier molecular flexibility index (Phi) is 10.4. The summed E-state index contributed by atoms with van der Waals surface area (Å²) in [6, 6.07) is 5.64. The van der Waals surface area contributed by atoms with Crippen molar-refractivity contribution < 1.29 is 19.0 Å². The Balaban J connectivity index is 2.54. The van der Waals surface area contributed by atoms with Crippen molar-refractivity contribution >= 4 is 12.0 Å². The number of carbonyl (C=O) groups excluding carboxylic acids is 1. The van der Waals surface area contributed by atoms with Crippen LogP contribution in [0.5, 0.6) is 11.5 Å². The van der Waals surface area contributed by atoms with Gasteiger partial charge < -0.3 is 19.5 Å². The van der Waals surface area contributed by atoms with Crippen molar-refractivity contribution in [3.8, 4) is 11.5 Å². The molecular weight excluding hydrogens is 306 g/mol. The molecular formula is C19H29NO4. The number of rotatable bonds is 12. The fourth-order valence-corrected chi connectivity index (χ4v) is 2.13. The van der Waals surface area contributed by atoms with Crippen LogP contribution in [0, 0.1) is 0 Å². The third-order valence-corrected chi connectivity index (χ3v) is 3.48. The second-order valence-corrected chi connectivity index (χ2v) is 5.44. The van der Waals surface area contributed by atoms with E-state index in [0.29, 0.717) is 25.5 Å². The number of carbonyl (C=O) groups is 1. The first kappa shape index (κ1) is 20.0. The number of hydrogen-bond donors (Lipinski definition) is 1. The van der Waals surface area contributed by atoms with E-state index in [1.165, 1.54) is 25.3 Å². The second kappa shape index (κ2) is 12.4. The van der Waals surface area contributed by atoms with Crippen molar-refractivity contribution in [2.24, 2.45) is 0 Å². The normalized spacial score (nSPS) is 10.8. The average molecular weight is 335 g/mol. The van der Waals surface area contributed by atoms with E-state index in [2.05, 4.69) is 12.2 Å². The van der Waals surface area contributed by atoms with Crippen molar-refractivity contribution in [1.82, 2.24) is 5.32 Å². The molecule has 1 aromatic carbocycles. The van der Waals surface area contributed by atoms with Gasteiger partial charge in [0.15, 0.2) is 11.5 Å². The Labute approximate surface area is 145 Å². The lowest BCUT2D eigenvalue weighted by atomic mass is 10.2. The highest BCUT2D eigenvalue weighted by Gasteiger charge is 2.05. The van der Waals surface area contributed by atoms with Gasteiger partial charge in [-0.25, -0.2) is 0 Å². The number of unbranched alkanes of at least 4 members (excludes halogenated alkanes) is 3. The molecule has 1 aromatic rings. The van der Waals surface area contributed by atoms with Crippen LogP contribution in [-0.2, 0) is 9.53 Å². The minimum Gasteiger partial charge on any atom is -0.493 e. The van der Waals surface area contributed by atoms with Crippen molar-refractivity contribution in [2.75, 3.05) is 34.0 Å². The maximum Gasteiger partial charge on any atom is 0.244 e. The number of methoxy groups -OCH3 is 2. The molecule has 0 fully saturated rings. The molecule has 134 valence electrons. The fourth-order valence-electron chi connectivity index (χ4n) is 2.13. The summed E-state index contributed by atoms with van der Waals surface area (Å²) in [7, 11) is 3.21.